The van der Waals surface area contributed by atoms with Crippen molar-refractivity contribution in [3.8, 4) is 0 Å². The zero-order valence-corrected chi connectivity index (χ0v) is 14.6. The number of aromatic nitrogens is 2. The second kappa shape index (κ2) is 6.85. The molecular weight excluding hydrogens is 270 g/mol. The van der Waals surface area contributed by atoms with Crippen molar-refractivity contribution in [1.29, 1.82) is 0 Å². The molecule has 1 aromatic rings. The predicted molar refractivity (Wildman–Crippen MR) is 85.7 cm³/mol. The second-order valence-corrected chi connectivity index (χ2v) is 9.11. The molecule has 2 atom stereocenters. The summed E-state index contributed by atoms with van der Waals surface area (Å²) in [5.74, 6) is 0.926. The van der Waals surface area contributed by atoms with Crippen molar-refractivity contribution in [3.63, 3.8) is 0 Å². The molecule has 0 bridgehead atoms. The Labute approximate surface area is 126 Å². The molecule has 20 heavy (non-hydrogen) atoms. The second-order valence-electron chi connectivity index (χ2n) is 7.11. The summed E-state index contributed by atoms with van der Waals surface area (Å²) in [6, 6.07) is 0.0171. The van der Waals surface area contributed by atoms with Gasteiger partial charge in [0.1, 0.15) is 0 Å². The van der Waals surface area contributed by atoms with Gasteiger partial charge >= 0.3 is 0 Å². The van der Waals surface area contributed by atoms with Gasteiger partial charge in [-0.25, -0.2) is 13.9 Å². The quantitative estimate of drug-likeness (QED) is 0.876. The Balaban J connectivity index is 2.86. The molecule has 0 amide bonds. The third-order valence-electron chi connectivity index (χ3n) is 3.00. The van der Waals surface area contributed by atoms with Crippen molar-refractivity contribution in [2.75, 3.05) is 0 Å². The van der Waals surface area contributed by atoms with Crippen molar-refractivity contribution < 1.29 is 4.21 Å². The maximum absolute atomic E-state index is 12.3. The summed E-state index contributed by atoms with van der Waals surface area (Å²) in [5.41, 5.74) is 0.971. The van der Waals surface area contributed by atoms with Crippen molar-refractivity contribution in [2.45, 2.75) is 65.8 Å². The van der Waals surface area contributed by atoms with Crippen LogP contribution in [0.3, 0.4) is 0 Å². The van der Waals surface area contributed by atoms with Gasteiger partial charge in [-0.3, -0.25) is 0 Å². The lowest BCUT2D eigenvalue weighted by atomic mass is 10.0. The largest absolute Gasteiger partial charge is 0.337 e. The van der Waals surface area contributed by atoms with E-state index in [4.69, 9.17) is 0 Å². The van der Waals surface area contributed by atoms with Gasteiger partial charge in [0.15, 0.2) is 0 Å². The summed E-state index contributed by atoms with van der Waals surface area (Å²) in [6.45, 7) is 15.5. The van der Waals surface area contributed by atoms with Crippen LogP contribution in [0.15, 0.2) is 12.5 Å². The van der Waals surface area contributed by atoms with Crippen LogP contribution >= 0.6 is 0 Å². The van der Waals surface area contributed by atoms with E-state index in [0.29, 0.717) is 11.8 Å². The van der Waals surface area contributed by atoms with Gasteiger partial charge in [0, 0.05) is 12.7 Å². The molecule has 1 heterocycles. The Morgan fingerprint density at radius 1 is 1.30 bits per heavy atom. The van der Waals surface area contributed by atoms with Crippen molar-refractivity contribution >= 4 is 11.0 Å². The van der Waals surface area contributed by atoms with Crippen LogP contribution in [0.2, 0.25) is 0 Å². The van der Waals surface area contributed by atoms with E-state index >= 15 is 0 Å². The molecule has 0 fully saturated rings. The van der Waals surface area contributed by atoms with Crippen LogP contribution in [-0.2, 0) is 17.5 Å². The highest BCUT2D eigenvalue weighted by Gasteiger charge is 2.26. The first-order valence-corrected chi connectivity index (χ1v) is 8.46. The fourth-order valence-electron chi connectivity index (χ4n) is 1.89. The number of rotatable bonds is 6. The highest BCUT2D eigenvalue weighted by atomic mass is 32.2. The number of hydrogen-bond acceptors (Lipinski definition) is 2. The normalized spacial score (nSPS) is 15.8. The van der Waals surface area contributed by atoms with Crippen molar-refractivity contribution in [1.82, 2.24) is 14.3 Å². The molecule has 0 unspecified atom stereocenters. The molecule has 0 aromatic carbocycles. The summed E-state index contributed by atoms with van der Waals surface area (Å²) in [4.78, 5) is 4.49. The van der Waals surface area contributed by atoms with Crippen LogP contribution in [0.1, 0.15) is 60.2 Å². The highest BCUT2D eigenvalue weighted by Crippen LogP contribution is 2.23. The van der Waals surface area contributed by atoms with Gasteiger partial charge < -0.3 is 4.57 Å². The van der Waals surface area contributed by atoms with E-state index in [1.807, 2.05) is 27.1 Å². The zero-order chi connectivity index (χ0) is 15.5. The summed E-state index contributed by atoms with van der Waals surface area (Å²) >= 11 is 0. The summed E-state index contributed by atoms with van der Waals surface area (Å²) < 4.78 is 17.4. The molecule has 0 radical (unpaired) electrons. The lowest BCUT2D eigenvalue weighted by Gasteiger charge is -2.25. The Hall–Kier alpha value is -0.680. The summed E-state index contributed by atoms with van der Waals surface area (Å²) in [5, 5.41) is 0. The van der Waals surface area contributed by atoms with Gasteiger partial charge in [0.05, 0.1) is 33.8 Å². The Bertz CT molecular complexity index is 446. The van der Waals surface area contributed by atoms with Crippen LogP contribution in [-0.4, -0.2) is 18.5 Å². The minimum atomic E-state index is -1.09. The van der Waals surface area contributed by atoms with Crippen LogP contribution in [0.25, 0.3) is 0 Å². The van der Waals surface area contributed by atoms with E-state index in [2.05, 4.69) is 48.2 Å². The number of nitrogens with zero attached hydrogens (tertiary/aromatic N) is 2. The highest BCUT2D eigenvalue weighted by molar-refractivity contribution is 7.84. The monoisotopic (exact) mass is 299 g/mol. The molecular formula is C15H29N3OS. The maximum atomic E-state index is 12.3. The molecule has 116 valence electrons. The van der Waals surface area contributed by atoms with Crippen LogP contribution in [0.5, 0.6) is 0 Å². The van der Waals surface area contributed by atoms with E-state index < -0.39 is 11.0 Å². The molecule has 1 aromatic heterocycles. The SMILES string of the molecule is CC(C)Cn1cnc([C@@H](N[S@@](=O)C(C)(C)C)C(C)C)c1. The van der Waals surface area contributed by atoms with Gasteiger partial charge in [-0.1, -0.05) is 27.7 Å². The lowest BCUT2D eigenvalue weighted by molar-refractivity contribution is 0.463. The van der Waals surface area contributed by atoms with Gasteiger partial charge in [0.2, 0.25) is 0 Å². The van der Waals surface area contributed by atoms with Crippen molar-refractivity contribution in [2.24, 2.45) is 11.8 Å². The average Bonchev–Trinajstić information content (AvgIpc) is 2.70. The average molecular weight is 299 g/mol. The molecule has 0 aliphatic rings. The number of hydrogen-bond donors (Lipinski definition) is 1. The zero-order valence-electron chi connectivity index (χ0n) is 13.8. The van der Waals surface area contributed by atoms with Gasteiger partial charge in [-0.2, -0.15) is 0 Å². The van der Waals surface area contributed by atoms with E-state index in [1.54, 1.807) is 0 Å². The molecule has 1 rings (SSSR count). The minimum absolute atomic E-state index is 0.0171. The number of nitrogens with one attached hydrogen (secondary N) is 1. The first-order chi connectivity index (χ1) is 9.11. The van der Waals surface area contributed by atoms with E-state index in [9.17, 15) is 4.21 Å². The lowest BCUT2D eigenvalue weighted by Crippen LogP contribution is -2.37. The van der Waals surface area contributed by atoms with Crippen LogP contribution < -0.4 is 4.72 Å². The van der Waals surface area contributed by atoms with E-state index in [0.717, 1.165) is 12.2 Å². The Morgan fingerprint density at radius 3 is 2.35 bits per heavy atom. The standard InChI is InChI=1S/C15H29N3OS/c1-11(2)8-18-9-13(16-10-18)14(12(3)4)17-20(19)15(5,6)7/h9-12,14,17H,8H2,1-7H3/t14-,20-/m0/s1. The summed E-state index contributed by atoms with van der Waals surface area (Å²) in [6.07, 6.45) is 3.93. The first-order valence-electron chi connectivity index (χ1n) is 7.31. The fourth-order valence-corrected chi connectivity index (χ4v) is 2.87. The molecule has 1 N–H and O–H groups in total. The fraction of sp³-hybridized carbons (Fsp3) is 0.800. The minimum Gasteiger partial charge on any atom is -0.337 e. The van der Waals surface area contributed by atoms with Crippen LogP contribution in [0, 0.1) is 11.8 Å². The van der Waals surface area contributed by atoms with E-state index in [-0.39, 0.29) is 10.8 Å². The molecule has 0 aliphatic heterocycles. The summed E-state index contributed by atoms with van der Waals surface area (Å²) in [7, 11) is -1.09. The Morgan fingerprint density at radius 2 is 1.90 bits per heavy atom. The molecule has 0 saturated carbocycles. The molecule has 0 aliphatic carbocycles. The number of imidazole rings is 1. The molecule has 0 spiro atoms. The van der Waals surface area contributed by atoms with Gasteiger partial charge in [-0.05, 0) is 32.6 Å². The molecule has 5 heteroatoms. The third kappa shape index (κ3) is 5.02. The third-order valence-corrected chi connectivity index (χ3v) is 4.59. The van der Waals surface area contributed by atoms with Crippen LogP contribution in [0.4, 0.5) is 0 Å². The van der Waals surface area contributed by atoms with E-state index in [1.165, 1.54) is 0 Å². The van der Waals surface area contributed by atoms with Gasteiger partial charge in [-0.15, -0.1) is 0 Å². The molecule has 0 saturated heterocycles. The first kappa shape index (κ1) is 17.4. The van der Waals surface area contributed by atoms with Gasteiger partial charge in [0.25, 0.3) is 0 Å². The Kier molecular flexibility index (Phi) is 5.95. The predicted octanol–water partition coefficient (Wildman–Crippen LogP) is 3.29. The maximum Gasteiger partial charge on any atom is 0.0976 e. The smallest absolute Gasteiger partial charge is 0.0976 e. The van der Waals surface area contributed by atoms with Crippen molar-refractivity contribution in [3.05, 3.63) is 18.2 Å². The molecule has 4 nitrogen and oxygen atoms in total. The topological polar surface area (TPSA) is 46.9 Å².